The number of amides is 2. The second-order valence-corrected chi connectivity index (χ2v) is 7.34. The number of anilines is 1. The van der Waals surface area contributed by atoms with Crippen molar-refractivity contribution in [3.63, 3.8) is 0 Å². The molecule has 172 valence electrons. The lowest BCUT2D eigenvalue weighted by Crippen LogP contribution is -2.36. The van der Waals surface area contributed by atoms with Crippen LogP contribution in [0.4, 0.5) is 19.7 Å². The van der Waals surface area contributed by atoms with E-state index in [4.69, 9.17) is 15.8 Å². The predicted molar refractivity (Wildman–Crippen MR) is 117 cm³/mol. The van der Waals surface area contributed by atoms with E-state index in [0.29, 0.717) is 42.7 Å². The molecule has 2 rings (SSSR count). The molecule has 0 fully saturated rings. The molecule has 0 spiro atoms. The highest BCUT2D eigenvalue weighted by Gasteiger charge is 2.27. The smallest absolute Gasteiger partial charge is 0.435 e. The van der Waals surface area contributed by atoms with Gasteiger partial charge in [0, 0.05) is 6.42 Å². The van der Waals surface area contributed by atoms with Gasteiger partial charge in [0.2, 0.25) is 0 Å². The first kappa shape index (κ1) is 24.9. The third-order valence-corrected chi connectivity index (χ3v) is 4.81. The van der Waals surface area contributed by atoms with Crippen LogP contribution in [0.25, 0.3) is 0 Å². The topological polar surface area (TPSA) is 168 Å². The number of ether oxygens (including phenoxy) is 1. The van der Waals surface area contributed by atoms with E-state index in [0.717, 1.165) is 6.07 Å². The third-order valence-electron chi connectivity index (χ3n) is 4.21. The molecule has 0 bridgehead atoms. The van der Waals surface area contributed by atoms with E-state index < -0.39 is 23.8 Å². The number of unbranched alkanes of at least 4 members (excludes halogenated alkanes) is 2. The molecule has 2 aromatic rings. The molecule has 13 heteroatoms. The van der Waals surface area contributed by atoms with Crippen molar-refractivity contribution in [1.29, 1.82) is 5.41 Å². The quantitative estimate of drug-likeness (QED) is 0.256. The summed E-state index contributed by atoms with van der Waals surface area (Å²) in [5.74, 6) is -0.864. The summed E-state index contributed by atoms with van der Waals surface area (Å²) in [4.78, 5) is 27.3. The Hall–Kier alpha value is -3.35. The molecular weight excluding hydrogens is 491 g/mol. The summed E-state index contributed by atoms with van der Waals surface area (Å²) in [5, 5.41) is 25.3. The molecule has 0 aliphatic carbocycles. The Kier molecular flexibility index (Phi) is 9.25. The second kappa shape index (κ2) is 11.9. The number of rotatable bonds is 9. The summed E-state index contributed by atoms with van der Waals surface area (Å²) in [6, 6.07) is 3.56. The number of benzene rings is 1. The Labute approximate surface area is 191 Å². The van der Waals surface area contributed by atoms with E-state index in [1.165, 1.54) is 12.1 Å². The van der Waals surface area contributed by atoms with Gasteiger partial charge in [0.05, 0.1) is 16.8 Å². The van der Waals surface area contributed by atoms with Crippen molar-refractivity contribution in [2.45, 2.75) is 39.0 Å². The number of aromatic nitrogens is 2. The average molecular weight is 513 g/mol. The monoisotopic (exact) mass is 512 g/mol. The summed E-state index contributed by atoms with van der Waals surface area (Å²) in [6.45, 7) is 1.89. The lowest BCUT2D eigenvalue weighted by atomic mass is 10.1. The zero-order valence-electron chi connectivity index (χ0n) is 17.2. The van der Waals surface area contributed by atoms with Gasteiger partial charge in [-0.3, -0.25) is 5.41 Å². The van der Waals surface area contributed by atoms with Gasteiger partial charge in [-0.1, -0.05) is 11.6 Å². The predicted octanol–water partition coefficient (Wildman–Crippen LogP) is 4.10. The van der Waals surface area contributed by atoms with Crippen LogP contribution >= 0.6 is 15.9 Å². The van der Waals surface area contributed by atoms with Crippen molar-refractivity contribution in [3.05, 3.63) is 39.9 Å². The minimum absolute atomic E-state index is 0.0313. The van der Waals surface area contributed by atoms with Gasteiger partial charge in [0.1, 0.15) is 17.3 Å². The first-order valence-electron chi connectivity index (χ1n) is 9.62. The maximum atomic E-state index is 13.5. The van der Waals surface area contributed by atoms with Crippen LogP contribution in [0.2, 0.25) is 0 Å². The largest absolute Gasteiger partial charge is 0.464 e. The van der Waals surface area contributed by atoms with Gasteiger partial charge in [-0.2, -0.15) is 4.99 Å². The standard InChI is InChI=1S/C19H22BrFN6O5/c1-2-31-18(28)24-15(22)7-5-3-4-6-14-16(26-32-25-14)17(23)27(19(29)30)11-8-9-13(21)12(20)10-11/h8-10,23H,2-7H2,1H3,(H,29,30)(H2,22,24,28). The van der Waals surface area contributed by atoms with Crippen molar-refractivity contribution in [2.24, 2.45) is 10.7 Å². The molecule has 0 aliphatic heterocycles. The van der Waals surface area contributed by atoms with Crippen molar-refractivity contribution >= 4 is 45.5 Å². The molecular formula is C19H22BrFN6O5. The van der Waals surface area contributed by atoms with Gasteiger partial charge in [-0.15, -0.1) is 0 Å². The summed E-state index contributed by atoms with van der Waals surface area (Å²) in [6.07, 6.45) is 0.582. The van der Waals surface area contributed by atoms with Crippen LogP contribution in [0.3, 0.4) is 0 Å². The maximum absolute atomic E-state index is 13.5. The van der Waals surface area contributed by atoms with Crippen LogP contribution in [-0.2, 0) is 11.2 Å². The SMILES string of the molecule is CCOC(=O)N=C(N)CCCCCc1nonc1C(=N)N(C(=O)O)c1ccc(F)c(Br)c1. The molecule has 0 saturated carbocycles. The number of nitrogens with two attached hydrogens (primary N) is 1. The zero-order valence-corrected chi connectivity index (χ0v) is 18.8. The van der Waals surface area contributed by atoms with Crippen molar-refractivity contribution in [1.82, 2.24) is 10.3 Å². The number of nitrogens with zero attached hydrogens (tertiary/aromatic N) is 4. The number of carbonyl (C=O) groups is 2. The Bertz CT molecular complexity index is 1010. The number of aliphatic imine (C=N–C) groups is 1. The van der Waals surface area contributed by atoms with E-state index in [-0.39, 0.29) is 28.3 Å². The highest BCUT2D eigenvalue weighted by Crippen LogP contribution is 2.25. The molecule has 1 aromatic carbocycles. The van der Waals surface area contributed by atoms with E-state index in [9.17, 15) is 19.1 Å². The first-order chi connectivity index (χ1) is 15.2. The molecule has 1 heterocycles. The van der Waals surface area contributed by atoms with Crippen molar-refractivity contribution in [3.8, 4) is 0 Å². The highest BCUT2D eigenvalue weighted by atomic mass is 79.9. The van der Waals surface area contributed by atoms with Crippen LogP contribution in [0.1, 0.15) is 44.0 Å². The molecule has 11 nitrogen and oxygen atoms in total. The lowest BCUT2D eigenvalue weighted by molar-refractivity contribution is 0.163. The number of amidine groups is 2. The Balaban J connectivity index is 1.98. The number of carboxylic acid groups (broad SMARTS) is 1. The molecule has 0 saturated heterocycles. The van der Waals surface area contributed by atoms with E-state index in [2.05, 4.69) is 36.0 Å². The Morgan fingerprint density at radius 1 is 1.34 bits per heavy atom. The van der Waals surface area contributed by atoms with Gasteiger partial charge in [0.25, 0.3) is 0 Å². The number of hydrogen-bond donors (Lipinski definition) is 3. The highest BCUT2D eigenvalue weighted by molar-refractivity contribution is 9.10. The minimum atomic E-state index is -1.45. The van der Waals surface area contributed by atoms with E-state index >= 15 is 0 Å². The molecule has 2 amide bonds. The molecule has 0 aliphatic rings. The third kappa shape index (κ3) is 6.83. The fourth-order valence-electron chi connectivity index (χ4n) is 2.72. The summed E-state index contributed by atoms with van der Waals surface area (Å²) < 4.78 is 23.0. The van der Waals surface area contributed by atoms with Crippen molar-refractivity contribution in [2.75, 3.05) is 11.5 Å². The molecule has 32 heavy (non-hydrogen) atoms. The van der Waals surface area contributed by atoms with Crippen molar-refractivity contribution < 1.29 is 28.5 Å². The van der Waals surface area contributed by atoms with Crippen LogP contribution in [0.5, 0.6) is 0 Å². The van der Waals surface area contributed by atoms with Gasteiger partial charge in [-0.05, 0) is 65.5 Å². The lowest BCUT2D eigenvalue weighted by Gasteiger charge is -2.19. The Morgan fingerprint density at radius 3 is 2.75 bits per heavy atom. The summed E-state index contributed by atoms with van der Waals surface area (Å²) in [5.41, 5.74) is 6.02. The van der Waals surface area contributed by atoms with Gasteiger partial charge < -0.3 is 15.6 Å². The maximum Gasteiger partial charge on any atom is 0.435 e. The second-order valence-electron chi connectivity index (χ2n) is 6.49. The summed E-state index contributed by atoms with van der Waals surface area (Å²) in [7, 11) is 0. The first-order valence-corrected chi connectivity index (χ1v) is 10.4. The fraction of sp³-hybridized carbons (Fsp3) is 0.368. The molecule has 0 atom stereocenters. The molecule has 1 aromatic heterocycles. The summed E-state index contributed by atoms with van der Waals surface area (Å²) >= 11 is 3.00. The number of nitrogens with one attached hydrogen (secondary N) is 1. The van der Waals surface area contributed by atoms with Crippen LogP contribution in [0.15, 0.2) is 32.3 Å². The number of carbonyl (C=O) groups excluding carboxylic acids is 1. The van der Waals surface area contributed by atoms with Crippen LogP contribution in [-0.4, -0.2) is 45.9 Å². The molecule has 0 unspecified atom stereocenters. The van der Waals surface area contributed by atoms with Crippen LogP contribution < -0.4 is 10.6 Å². The number of aryl methyl sites for hydroxylation is 1. The minimum Gasteiger partial charge on any atom is -0.464 e. The molecule has 0 radical (unpaired) electrons. The normalized spacial score (nSPS) is 11.3. The van der Waals surface area contributed by atoms with Gasteiger partial charge in [-0.25, -0.2) is 23.5 Å². The van der Waals surface area contributed by atoms with Crippen LogP contribution in [0, 0.1) is 11.2 Å². The number of halogens is 2. The molecule has 4 N–H and O–H groups in total. The van der Waals surface area contributed by atoms with Gasteiger partial charge >= 0.3 is 12.2 Å². The van der Waals surface area contributed by atoms with Gasteiger partial charge in [0.15, 0.2) is 11.5 Å². The Morgan fingerprint density at radius 2 is 2.09 bits per heavy atom. The number of hydrogen-bond acceptors (Lipinski definition) is 7. The van der Waals surface area contributed by atoms with E-state index in [1.807, 2.05) is 0 Å². The average Bonchev–Trinajstić information content (AvgIpc) is 3.19. The zero-order chi connectivity index (χ0) is 23.7. The van der Waals surface area contributed by atoms with E-state index in [1.54, 1.807) is 6.92 Å². The fourth-order valence-corrected chi connectivity index (χ4v) is 3.09.